The largest absolute Gasteiger partial charge is 0.497 e. The molecule has 2 rings (SSSR count). The second-order valence-electron chi connectivity index (χ2n) is 5.61. The van der Waals surface area contributed by atoms with Crippen LogP contribution in [-0.4, -0.2) is 59.8 Å². The normalized spacial score (nSPS) is 21.3. The summed E-state index contributed by atoms with van der Waals surface area (Å²) in [5.74, 6) is 1.11. The molecule has 7 nitrogen and oxygen atoms in total. The van der Waals surface area contributed by atoms with Crippen molar-refractivity contribution in [2.45, 2.75) is 32.5 Å². The van der Waals surface area contributed by atoms with Crippen LogP contribution in [0.1, 0.15) is 19.4 Å². The number of ether oxygens (including phenoxy) is 2. The number of hydrogen-bond acceptors (Lipinski definition) is 4. The highest BCUT2D eigenvalue weighted by atomic mass is 16.5. The second kappa shape index (κ2) is 6.76. The van der Waals surface area contributed by atoms with Gasteiger partial charge in [-0.05, 0) is 26.0 Å². The van der Waals surface area contributed by atoms with Crippen molar-refractivity contribution >= 4 is 12.0 Å². The summed E-state index contributed by atoms with van der Waals surface area (Å²) in [5.41, 5.74) is 0.852. The number of carbonyl (C=O) groups is 2. The van der Waals surface area contributed by atoms with E-state index in [1.54, 1.807) is 39.0 Å². The summed E-state index contributed by atoms with van der Waals surface area (Å²) in [5, 5.41) is 9.23. The average molecular weight is 322 g/mol. The van der Waals surface area contributed by atoms with Gasteiger partial charge in [-0.25, -0.2) is 4.79 Å². The highest BCUT2D eigenvalue weighted by Gasteiger charge is 2.38. The Bertz CT molecular complexity index is 604. The molecule has 1 aromatic rings. The van der Waals surface area contributed by atoms with Crippen molar-refractivity contribution in [1.82, 2.24) is 9.80 Å². The Hall–Kier alpha value is -2.44. The van der Waals surface area contributed by atoms with Crippen molar-refractivity contribution in [1.29, 1.82) is 0 Å². The first-order valence-electron chi connectivity index (χ1n) is 7.40. The van der Waals surface area contributed by atoms with Gasteiger partial charge in [0.05, 0.1) is 20.3 Å². The van der Waals surface area contributed by atoms with Gasteiger partial charge in [-0.15, -0.1) is 0 Å². The van der Waals surface area contributed by atoms with Crippen LogP contribution in [0.3, 0.4) is 0 Å². The third kappa shape index (κ3) is 3.33. The van der Waals surface area contributed by atoms with Gasteiger partial charge in [0.25, 0.3) is 0 Å². The predicted octanol–water partition coefficient (Wildman–Crippen LogP) is 1.80. The maximum Gasteiger partial charge on any atom is 0.408 e. The molecule has 2 amide bonds. The maximum atomic E-state index is 12.5. The van der Waals surface area contributed by atoms with Gasteiger partial charge in [-0.1, -0.05) is 0 Å². The average Bonchev–Trinajstić information content (AvgIpc) is 2.52. The third-order valence-electron chi connectivity index (χ3n) is 4.12. The Morgan fingerprint density at radius 1 is 1.30 bits per heavy atom. The summed E-state index contributed by atoms with van der Waals surface area (Å²) in [6.45, 7) is 4.14. The van der Waals surface area contributed by atoms with E-state index >= 15 is 0 Å². The number of benzene rings is 1. The summed E-state index contributed by atoms with van der Waals surface area (Å²) in [6, 6.07) is 4.47. The highest BCUT2D eigenvalue weighted by molar-refractivity contribution is 5.86. The van der Waals surface area contributed by atoms with Gasteiger partial charge >= 0.3 is 6.09 Å². The van der Waals surface area contributed by atoms with Gasteiger partial charge in [0.15, 0.2) is 0 Å². The molecule has 1 aliphatic heterocycles. The Labute approximate surface area is 135 Å². The summed E-state index contributed by atoms with van der Waals surface area (Å²) in [6.07, 6.45) is -1.07. The van der Waals surface area contributed by atoms with Crippen molar-refractivity contribution in [3.63, 3.8) is 0 Å². The fourth-order valence-corrected chi connectivity index (χ4v) is 2.95. The minimum absolute atomic E-state index is 0.205. The number of nitrogens with zero attached hydrogens (tertiary/aromatic N) is 2. The van der Waals surface area contributed by atoms with Crippen molar-refractivity contribution in [3.8, 4) is 11.5 Å². The van der Waals surface area contributed by atoms with Crippen molar-refractivity contribution in [2.75, 3.05) is 20.8 Å². The number of amides is 2. The molecule has 7 heteroatoms. The van der Waals surface area contributed by atoms with E-state index in [0.29, 0.717) is 24.6 Å². The molecule has 0 bridgehead atoms. The number of carboxylic acid groups (broad SMARTS) is 1. The van der Waals surface area contributed by atoms with Gasteiger partial charge in [-0.2, -0.15) is 0 Å². The quantitative estimate of drug-likeness (QED) is 0.914. The molecule has 0 unspecified atom stereocenters. The van der Waals surface area contributed by atoms with Crippen LogP contribution in [0.25, 0.3) is 0 Å². The molecule has 0 aromatic heterocycles. The fourth-order valence-electron chi connectivity index (χ4n) is 2.95. The van der Waals surface area contributed by atoms with Crippen LogP contribution in [0, 0.1) is 0 Å². The summed E-state index contributed by atoms with van der Waals surface area (Å²) in [4.78, 5) is 26.6. The smallest absolute Gasteiger partial charge is 0.408 e. The van der Waals surface area contributed by atoms with Crippen molar-refractivity contribution < 1.29 is 24.2 Å². The molecule has 1 aromatic carbocycles. The predicted molar refractivity (Wildman–Crippen MR) is 83.8 cm³/mol. The van der Waals surface area contributed by atoms with E-state index in [1.807, 2.05) is 12.1 Å². The van der Waals surface area contributed by atoms with Gasteiger partial charge in [0.1, 0.15) is 17.5 Å². The minimum Gasteiger partial charge on any atom is -0.497 e. The molecule has 0 aliphatic carbocycles. The molecule has 1 fully saturated rings. The summed E-state index contributed by atoms with van der Waals surface area (Å²) in [7, 11) is 3.14. The topological polar surface area (TPSA) is 79.3 Å². The van der Waals surface area contributed by atoms with Crippen LogP contribution in [0.5, 0.6) is 11.5 Å². The zero-order valence-corrected chi connectivity index (χ0v) is 13.8. The lowest BCUT2D eigenvalue weighted by Crippen LogP contribution is -2.61. The van der Waals surface area contributed by atoms with E-state index in [9.17, 15) is 14.7 Å². The SMILES string of the molecule is COc1ccc(CN2C[C@@H](C)N(C(=O)O)[C@@H](C)C2=O)c(OC)c1. The van der Waals surface area contributed by atoms with Crippen LogP contribution in [-0.2, 0) is 11.3 Å². The van der Waals surface area contributed by atoms with E-state index in [4.69, 9.17) is 9.47 Å². The molecule has 1 aliphatic rings. The lowest BCUT2D eigenvalue weighted by atomic mass is 10.1. The molecule has 1 N–H and O–H groups in total. The van der Waals surface area contributed by atoms with E-state index in [2.05, 4.69) is 0 Å². The number of piperazine rings is 1. The van der Waals surface area contributed by atoms with E-state index in [-0.39, 0.29) is 11.9 Å². The maximum absolute atomic E-state index is 12.5. The Morgan fingerprint density at radius 2 is 2.00 bits per heavy atom. The number of hydrogen-bond donors (Lipinski definition) is 1. The Kier molecular flexibility index (Phi) is 4.98. The fraction of sp³-hybridized carbons (Fsp3) is 0.500. The van der Waals surface area contributed by atoms with Crippen LogP contribution >= 0.6 is 0 Å². The minimum atomic E-state index is -1.07. The second-order valence-corrected chi connectivity index (χ2v) is 5.61. The van der Waals surface area contributed by atoms with Gasteiger partial charge in [0, 0.05) is 24.7 Å². The molecule has 126 valence electrons. The molecule has 0 saturated carbocycles. The van der Waals surface area contributed by atoms with Gasteiger partial charge < -0.3 is 19.5 Å². The first-order valence-corrected chi connectivity index (χ1v) is 7.40. The first kappa shape index (κ1) is 16.9. The lowest BCUT2D eigenvalue weighted by molar-refractivity contribution is -0.143. The number of methoxy groups -OCH3 is 2. The van der Waals surface area contributed by atoms with E-state index in [1.165, 1.54) is 4.90 Å². The molecule has 0 radical (unpaired) electrons. The summed E-state index contributed by atoms with van der Waals surface area (Å²) >= 11 is 0. The van der Waals surface area contributed by atoms with Crippen LogP contribution in [0.4, 0.5) is 4.79 Å². The zero-order chi connectivity index (χ0) is 17.1. The monoisotopic (exact) mass is 322 g/mol. The Balaban J connectivity index is 2.21. The van der Waals surface area contributed by atoms with E-state index < -0.39 is 12.1 Å². The molecule has 1 saturated heterocycles. The standard InChI is InChI=1S/C16H22N2O5/c1-10-8-17(15(19)11(2)18(10)16(20)21)9-12-5-6-13(22-3)7-14(12)23-4/h5-7,10-11H,8-9H2,1-4H3,(H,20,21)/t10-,11+/m1/s1. The zero-order valence-electron chi connectivity index (χ0n) is 13.8. The van der Waals surface area contributed by atoms with E-state index in [0.717, 1.165) is 5.56 Å². The third-order valence-corrected chi connectivity index (χ3v) is 4.12. The van der Waals surface area contributed by atoms with Crippen LogP contribution in [0.15, 0.2) is 18.2 Å². The lowest BCUT2D eigenvalue weighted by Gasteiger charge is -2.42. The summed E-state index contributed by atoms with van der Waals surface area (Å²) < 4.78 is 10.5. The van der Waals surface area contributed by atoms with Crippen LogP contribution in [0.2, 0.25) is 0 Å². The molecular weight excluding hydrogens is 300 g/mol. The Morgan fingerprint density at radius 3 is 2.57 bits per heavy atom. The molecule has 2 atom stereocenters. The van der Waals surface area contributed by atoms with Crippen molar-refractivity contribution in [3.05, 3.63) is 23.8 Å². The number of carbonyl (C=O) groups excluding carboxylic acids is 1. The molecule has 1 heterocycles. The molecular formula is C16H22N2O5. The number of rotatable bonds is 4. The molecule has 0 spiro atoms. The van der Waals surface area contributed by atoms with Gasteiger partial charge in [0.2, 0.25) is 5.91 Å². The van der Waals surface area contributed by atoms with Crippen molar-refractivity contribution in [2.24, 2.45) is 0 Å². The van der Waals surface area contributed by atoms with Crippen LogP contribution < -0.4 is 9.47 Å². The molecule has 23 heavy (non-hydrogen) atoms. The highest BCUT2D eigenvalue weighted by Crippen LogP contribution is 2.27. The first-order chi connectivity index (χ1) is 10.9. The van der Waals surface area contributed by atoms with Gasteiger partial charge in [-0.3, -0.25) is 9.69 Å².